The molecule has 1 heterocycles. The average molecular weight is 796 g/mol. The van der Waals surface area contributed by atoms with Crippen LogP contribution >= 0.6 is 0 Å². The van der Waals surface area contributed by atoms with Crippen molar-refractivity contribution in [3.8, 4) is 0 Å². The predicted octanol–water partition coefficient (Wildman–Crippen LogP) is -3.81. The Morgan fingerprint density at radius 1 is 0.679 bits per heavy atom. The topological polar surface area (TPSA) is 393 Å². The number of carbonyl (C=O) groups is 6. The number of carboxylic acid groups (broad SMARTS) is 1. The molecule has 0 aromatic rings. The zero-order valence-corrected chi connectivity index (χ0v) is 33.0. The third-order valence-electron chi connectivity index (χ3n) is 8.85. The molecule has 1 rings (SSSR count). The predicted molar refractivity (Wildman–Crippen MR) is 212 cm³/mol. The van der Waals surface area contributed by atoms with Crippen LogP contribution in [0.4, 0.5) is 0 Å². The van der Waals surface area contributed by atoms with Crippen molar-refractivity contribution in [3.05, 3.63) is 0 Å². The molecule has 1 aliphatic heterocycles. The summed E-state index contributed by atoms with van der Waals surface area (Å²) in [6.07, 6.45) is 2.35. The number of aliphatic imine (C=N–C) groups is 3. The Hall–Kier alpha value is -5.41. The number of nitrogens with zero attached hydrogens (tertiary/aromatic N) is 4. The number of carboxylic acids is 1. The van der Waals surface area contributed by atoms with Crippen LogP contribution in [0.3, 0.4) is 0 Å². The van der Waals surface area contributed by atoms with E-state index in [-0.39, 0.29) is 75.7 Å². The van der Waals surface area contributed by atoms with E-state index in [4.69, 9.17) is 40.1 Å². The molecular weight excluding hydrogens is 730 g/mol. The lowest BCUT2D eigenvalue weighted by Gasteiger charge is -2.32. The molecule has 0 saturated carbocycles. The van der Waals surface area contributed by atoms with E-state index >= 15 is 0 Å². The van der Waals surface area contributed by atoms with Crippen LogP contribution in [-0.4, -0.2) is 126 Å². The summed E-state index contributed by atoms with van der Waals surface area (Å²) in [6.45, 7) is 7.98. The fraction of sp³-hybridized carbons (Fsp3) is 0.735. The molecule has 6 unspecified atom stereocenters. The van der Waals surface area contributed by atoms with Crippen molar-refractivity contribution in [1.82, 2.24) is 26.2 Å². The number of nitrogens with one attached hydrogen (secondary N) is 4. The van der Waals surface area contributed by atoms with E-state index in [1.165, 1.54) is 4.90 Å². The number of rotatable bonds is 25. The number of aliphatic carboxylic acids is 1. The molecule has 318 valence electrons. The second-order valence-electron chi connectivity index (χ2n) is 14.5. The SMILES string of the molecule is CC(C)CC(NC(=O)C(CCCN=C(N)N)NC(=O)C(N)CCCN=C(N)N)C(=O)NC(C(=O)N1CCCC1C(=O)NC(CCCN=C(N)N)C(=O)O)C(C)C. The van der Waals surface area contributed by atoms with E-state index in [1.54, 1.807) is 13.8 Å². The average Bonchev–Trinajstić information content (AvgIpc) is 3.60. The molecule has 22 nitrogen and oxygen atoms in total. The first-order chi connectivity index (χ1) is 26.2. The molecule has 0 radical (unpaired) electrons. The molecular formula is C34H65N15O7. The van der Waals surface area contributed by atoms with E-state index in [2.05, 4.69) is 36.2 Å². The number of carbonyl (C=O) groups excluding carboxylic acids is 5. The molecule has 0 bridgehead atoms. The molecule has 22 heteroatoms. The van der Waals surface area contributed by atoms with Crippen LogP contribution in [0, 0.1) is 11.8 Å². The standard InChI is InChI=1S/C34H65N15O7/c1-18(2)17-23(47-27(51)21(10-6-14-43-33(38)39)45-26(50)20(35)9-5-13-42-32(36)37)28(52)48-25(19(3)4)30(54)49-16-8-12-24(49)29(53)46-22(31(55)56)11-7-15-44-34(40)41/h18-25H,5-17,35H2,1-4H3,(H,45,50)(H,46,53)(H,47,51)(H,48,52)(H,55,56)(H4,36,37,42)(H4,38,39,43)(H4,40,41,44). The van der Waals surface area contributed by atoms with Gasteiger partial charge in [-0.2, -0.15) is 0 Å². The van der Waals surface area contributed by atoms with Crippen LogP contribution < -0.4 is 61.4 Å². The molecule has 0 aliphatic carbocycles. The highest BCUT2D eigenvalue weighted by atomic mass is 16.4. The fourth-order valence-electron chi connectivity index (χ4n) is 5.95. The van der Waals surface area contributed by atoms with E-state index < -0.39 is 77.7 Å². The van der Waals surface area contributed by atoms with Crippen molar-refractivity contribution in [3.63, 3.8) is 0 Å². The quantitative estimate of drug-likeness (QED) is 0.0240. The van der Waals surface area contributed by atoms with E-state index in [9.17, 15) is 33.9 Å². The molecule has 19 N–H and O–H groups in total. The van der Waals surface area contributed by atoms with Gasteiger partial charge in [0.1, 0.15) is 30.2 Å². The molecule has 5 amide bonds. The number of likely N-dealkylation sites (tertiary alicyclic amines) is 1. The highest BCUT2D eigenvalue weighted by molar-refractivity contribution is 5.96. The minimum absolute atomic E-state index is 0.0560. The lowest BCUT2D eigenvalue weighted by atomic mass is 9.98. The van der Waals surface area contributed by atoms with Gasteiger partial charge in [0.05, 0.1) is 6.04 Å². The van der Waals surface area contributed by atoms with Crippen molar-refractivity contribution in [2.24, 2.45) is 66.9 Å². The van der Waals surface area contributed by atoms with Crippen LogP contribution in [0.5, 0.6) is 0 Å². The Balaban J connectivity index is 3.17. The summed E-state index contributed by atoms with van der Waals surface area (Å²) in [4.78, 5) is 92.9. The number of guanidine groups is 3. The van der Waals surface area contributed by atoms with Gasteiger partial charge in [-0.3, -0.25) is 38.9 Å². The van der Waals surface area contributed by atoms with E-state index in [1.807, 2.05) is 13.8 Å². The monoisotopic (exact) mass is 796 g/mol. The van der Waals surface area contributed by atoms with Gasteiger partial charge in [-0.15, -0.1) is 0 Å². The zero-order valence-electron chi connectivity index (χ0n) is 33.0. The minimum Gasteiger partial charge on any atom is -0.480 e. The normalized spacial score (nSPS) is 16.4. The lowest BCUT2D eigenvalue weighted by molar-refractivity contribution is -0.145. The Morgan fingerprint density at radius 3 is 1.64 bits per heavy atom. The first-order valence-corrected chi connectivity index (χ1v) is 18.9. The van der Waals surface area contributed by atoms with Gasteiger partial charge in [-0.1, -0.05) is 27.7 Å². The highest BCUT2D eigenvalue weighted by Gasteiger charge is 2.40. The van der Waals surface area contributed by atoms with Crippen LogP contribution in [0.1, 0.15) is 85.5 Å². The smallest absolute Gasteiger partial charge is 0.326 e. The molecule has 6 atom stereocenters. The first kappa shape index (κ1) is 48.6. The van der Waals surface area contributed by atoms with Gasteiger partial charge in [0, 0.05) is 26.2 Å². The largest absolute Gasteiger partial charge is 0.480 e. The van der Waals surface area contributed by atoms with Crippen molar-refractivity contribution in [2.45, 2.75) is 122 Å². The van der Waals surface area contributed by atoms with Crippen LogP contribution in [0.25, 0.3) is 0 Å². The fourth-order valence-corrected chi connectivity index (χ4v) is 5.95. The number of hydrogen-bond acceptors (Lipinski definition) is 10. The molecule has 1 saturated heterocycles. The molecule has 0 spiro atoms. The maximum absolute atomic E-state index is 14.0. The summed E-state index contributed by atoms with van der Waals surface area (Å²) >= 11 is 0. The Labute approximate surface area is 328 Å². The molecule has 56 heavy (non-hydrogen) atoms. The summed E-state index contributed by atoms with van der Waals surface area (Å²) in [5, 5.41) is 20.4. The third-order valence-corrected chi connectivity index (χ3v) is 8.85. The van der Waals surface area contributed by atoms with Crippen molar-refractivity contribution in [1.29, 1.82) is 0 Å². The van der Waals surface area contributed by atoms with Gasteiger partial charge in [0.2, 0.25) is 29.5 Å². The second kappa shape index (κ2) is 24.9. The summed E-state index contributed by atoms with van der Waals surface area (Å²) in [7, 11) is 0. The maximum Gasteiger partial charge on any atom is 0.326 e. The minimum atomic E-state index is -1.25. The maximum atomic E-state index is 14.0. The second-order valence-corrected chi connectivity index (χ2v) is 14.5. The first-order valence-electron chi connectivity index (χ1n) is 18.9. The molecule has 1 aliphatic rings. The Kier molecular flexibility index (Phi) is 21.6. The van der Waals surface area contributed by atoms with E-state index in [0.29, 0.717) is 32.1 Å². The third kappa shape index (κ3) is 18.3. The van der Waals surface area contributed by atoms with Gasteiger partial charge in [0.15, 0.2) is 17.9 Å². The summed E-state index contributed by atoms with van der Waals surface area (Å²) in [5.74, 6) is -5.20. The summed E-state index contributed by atoms with van der Waals surface area (Å²) in [5.41, 5.74) is 38.3. The Morgan fingerprint density at radius 2 is 1.16 bits per heavy atom. The van der Waals surface area contributed by atoms with Crippen molar-refractivity contribution in [2.75, 3.05) is 26.2 Å². The van der Waals surface area contributed by atoms with Crippen LogP contribution in [0.2, 0.25) is 0 Å². The van der Waals surface area contributed by atoms with Gasteiger partial charge in [-0.25, -0.2) is 4.79 Å². The summed E-state index contributed by atoms with van der Waals surface area (Å²) in [6, 6.07) is -6.50. The van der Waals surface area contributed by atoms with Crippen molar-refractivity contribution < 1.29 is 33.9 Å². The van der Waals surface area contributed by atoms with Crippen LogP contribution in [0.15, 0.2) is 15.0 Å². The van der Waals surface area contributed by atoms with Gasteiger partial charge in [-0.05, 0) is 69.6 Å². The lowest BCUT2D eigenvalue weighted by Crippen LogP contribution is -2.60. The van der Waals surface area contributed by atoms with Gasteiger partial charge >= 0.3 is 5.97 Å². The molecule has 1 fully saturated rings. The highest BCUT2D eigenvalue weighted by Crippen LogP contribution is 2.21. The zero-order chi connectivity index (χ0) is 42.5. The van der Waals surface area contributed by atoms with E-state index in [0.717, 1.165) is 0 Å². The number of amides is 5. The summed E-state index contributed by atoms with van der Waals surface area (Å²) < 4.78 is 0. The number of hydrogen-bond donors (Lipinski definition) is 12. The van der Waals surface area contributed by atoms with Crippen molar-refractivity contribution >= 4 is 53.4 Å². The molecule has 0 aromatic heterocycles. The number of nitrogens with two attached hydrogens (primary N) is 7. The van der Waals surface area contributed by atoms with Gasteiger partial charge in [0.25, 0.3) is 0 Å². The van der Waals surface area contributed by atoms with Gasteiger partial charge < -0.3 is 71.4 Å². The molecule has 0 aromatic carbocycles. The van der Waals surface area contributed by atoms with Crippen LogP contribution in [-0.2, 0) is 28.8 Å². The Bertz CT molecular complexity index is 1410.